The summed E-state index contributed by atoms with van der Waals surface area (Å²) in [6.45, 7) is 5.58. The number of hydrogen-bond acceptors (Lipinski definition) is 3. The molecule has 2 saturated heterocycles. The molecule has 2 aliphatic heterocycles. The Balaban J connectivity index is 1.24. The number of nitrogens with zero attached hydrogens (tertiary/aromatic N) is 2. The molecule has 2 amide bonds. The minimum absolute atomic E-state index is 0.0908. The second kappa shape index (κ2) is 9.57. The molecule has 2 aliphatic rings. The van der Waals surface area contributed by atoms with Crippen LogP contribution in [0.3, 0.4) is 0 Å². The number of urea groups is 1. The molecule has 3 aromatic rings. The number of rotatable bonds is 4. The van der Waals surface area contributed by atoms with Gasteiger partial charge >= 0.3 is 6.03 Å². The van der Waals surface area contributed by atoms with E-state index in [2.05, 4.69) is 22.1 Å². The number of fused-ring (bicyclic) bond motifs is 1. The third-order valence-electron chi connectivity index (χ3n) is 7.46. The van der Waals surface area contributed by atoms with Crippen LogP contribution in [0.2, 0.25) is 0 Å². The Morgan fingerprint density at radius 1 is 1.09 bits per heavy atom. The topological polar surface area (TPSA) is 60.6 Å². The van der Waals surface area contributed by atoms with Gasteiger partial charge in [0.15, 0.2) is 0 Å². The Kier molecular flexibility index (Phi) is 6.35. The van der Waals surface area contributed by atoms with Crippen LogP contribution in [-0.4, -0.2) is 49.2 Å². The molecule has 0 aliphatic carbocycles. The molecule has 180 valence electrons. The number of carbonyl (C=O) groups is 1. The largest absolute Gasteiger partial charge is 0.495 e. The summed E-state index contributed by atoms with van der Waals surface area (Å²) >= 11 is 0. The van der Waals surface area contributed by atoms with Crippen LogP contribution in [0.4, 0.5) is 20.6 Å². The first-order valence-corrected chi connectivity index (χ1v) is 12.3. The standard InChI is InChI=1S/C27H33FN4O2/c1-18-8-12-31(13-9-18)24-16-20(6-7-25(24)34-2)30-27(33)32-14-10-19(11-15-32)21-17-29-23-5-3-4-22(28)26(21)23/h3-7,16-19,29H,8-15H2,1-2H3,(H,30,33). The highest BCUT2D eigenvalue weighted by Crippen LogP contribution is 2.36. The fourth-order valence-electron chi connectivity index (χ4n) is 5.35. The minimum atomic E-state index is -0.188. The molecule has 2 aromatic carbocycles. The number of aromatic amines is 1. The fraction of sp³-hybridized carbons (Fsp3) is 0.444. The SMILES string of the molecule is COc1ccc(NC(=O)N2CCC(c3c[nH]c4cccc(F)c34)CC2)cc1N1CCC(C)CC1. The number of anilines is 2. The minimum Gasteiger partial charge on any atom is -0.495 e. The van der Waals surface area contributed by atoms with Crippen molar-refractivity contribution in [2.45, 2.75) is 38.5 Å². The first-order chi connectivity index (χ1) is 16.5. The number of amides is 2. The van der Waals surface area contributed by atoms with Gasteiger partial charge in [0.05, 0.1) is 12.8 Å². The van der Waals surface area contributed by atoms with Gasteiger partial charge in [0.1, 0.15) is 11.6 Å². The normalized spacial score (nSPS) is 17.9. The summed E-state index contributed by atoms with van der Waals surface area (Å²) in [5.41, 5.74) is 3.66. The van der Waals surface area contributed by atoms with Gasteiger partial charge in [0, 0.05) is 49.0 Å². The summed E-state index contributed by atoms with van der Waals surface area (Å²) in [7, 11) is 1.69. The van der Waals surface area contributed by atoms with Gasteiger partial charge in [0.25, 0.3) is 0 Å². The Hall–Kier alpha value is -3.22. The predicted molar refractivity (Wildman–Crippen MR) is 134 cm³/mol. The van der Waals surface area contributed by atoms with E-state index in [0.29, 0.717) is 18.5 Å². The average molecular weight is 465 g/mol. The maximum absolute atomic E-state index is 14.4. The lowest BCUT2D eigenvalue weighted by Crippen LogP contribution is -2.40. The molecular formula is C27H33FN4O2. The molecule has 6 nitrogen and oxygen atoms in total. The number of H-pyrrole nitrogens is 1. The van der Waals surface area contributed by atoms with Crippen molar-refractivity contribution in [2.75, 3.05) is 43.5 Å². The molecule has 5 rings (SSSR count). The zero-order chi connectivity index (χ0) is 23.7. The van der Waals surface area contributed by atoms with Crippen molar-refractivity contribution in [3.63, 3.8) is 0 Å². The summed E-state index contributed by atoms with van der Waals surface area (Å²) in [6.07, 6.45) is 5.88. The van der Waals surface area contributed by atoms with Crippen molar-refractivity contribution < 1.29 is 13.9 Å². The quantitative estimate of drug-likeness (QED) is 0.501. The number of piperidine rings is 2. The lowest BCUT2D eigenvalue weighted by Gasteiger charge is -2.34. The molecule has 2 fully saturated rings. The van der Waals surface area contributed by atoms with Gasteiger partial charge < -0.3 is 24.8 Å². The van der Waals surface area contributed by atoms with Crippen LogP contribution < -0.4 is 15.0 Å². The molecule has 0 saturated carbocycles. The molecule has 1 aromatic heterocycles. The van der Waals surface area contributed by atoms with Crippen molar-refractivity contribution >= 4 is 28.3 Å². The van der Waals surface area contributed by atoms with Gasteiger partial charge in [-0.25, -0.2) is 9.18 Å². The number of halogens is 1. The summed E-state index contributed by atoms with van der Waals surface area (Å²) < 4.78 is 20.0. The zero-order valence-corrected chi connectivity index (χ0v) is 19.9. The van der Waals surface area contributed by atoms with Crippen LogP contribution in [0.5, 0.6) is 5.75 Å². The number of benzene rings is 2. The molecule has 0 atom stereocenters. The second-order valence-corrected chi connectivity index (χ2v) is 9.65. The summed E-state index contributed by atoms with van der Waals surface area (Å²) in [6, 6.07) is 10.9. The van der Waals surface area contributed by atoms with Crippen molar-refractivity contribution in [3.05, 3.63) is 54.0 Å². The third-order valence-corrected chi connectivity index (χ3v) is 7.46. The number of likely N-dealkylation sites (tertiary alicyclic amines) is 1. The van der Waals surface area contributed by atoms with E-state index < -0.39 is 0 Å². The van der Waals surface area contributed by atoms with E-state index in [4.69, 9.17) is 4.74 Å². The average Bonchev–Trinajstić information content (AvgIpc) is 3.30. The molecule has 0 radical (unpaired) electrons. The fourth-order valence-corrected chi connectivity index (χ4v) is 5.35. The first-order valence-electron chi connectivity index (χ1n) is 12.3. The molecule has 0 bridgehead atoms. The first kappa shape index (κ1) is 22.6. The van der Waals surface area contributed by atoms with Gasteiger partial charge in [-0.1, -0.05) is 13.0 Å². The number of ether oxygens (including phenoxy) is 1. The van der Waals surface area contributed by atoms with E-state index in [-0.39, 0.29) is 17.8 Å². The van der Waals surface area contributed by atoms with Gasteiger partial charge in [-0.15, -0.1) is 0 Å². The van der Waals surface area contributed by atoms with Gasteiger partial charge in [0.2, 0.25) is 0 Å². The number of nitrogens with one attached hydrogen (secondary N) is 2. The molecule has 0 spiro atoms. The van der Waals surface area contributed by atoms with Crippen molar-refractivity contribution in [1.82, 2.24) is 9.88 Å². The molecule has 34 heavy (non-hydrogen) atoms. The Bertz CT molecular complexity index is 1160. The number of aromatic nitrogens is 1. The van der Waals surface area contributed by atoms with Crippen LogP contribution in [0.1, 0.15) is 44.1 Å². The molecule has 3 heterocycles. The number of methoxy groups -OCH3 is 1. The second-order valence-electron chi connectivity index (χ2n) is 9.65. The molecular weight excluding hydrogens is 431 g/mol. The van der Waals surface area contributed by atoms with Crippen LogP contribution in [0.15, 0.2) is 42.6 Å². The van der Waals surface area contributed by atoms with E-state index in [9.17, 15) is 9.18 Å². The predicted octanol–water partition coefficient (Wildman–Crippen LogP) is 5.96. The highest BCUT2D eigenvalue weighted by Gasteiger charge is 2.27. The third kappa shape index (κ3) is 4.43. The van der Waals surface area contributed by atoms with E-state index in [0.717, 1.165) is 72.9 Å². The molecule has 2 N–H and O–H groups in total. The van der Waals surface area contributed by atoms with Crippen LogP contribution >= 0.6 is 0 Å². The van der Waals surface area contributed by atoms with Crippen LogP contribution in [0.25, 0.3) is 10.9 Å². The van der Waals surface area contributed by atoms with E-state index in [1.165, 1.54) is 6.07 Å². The lowest BCUT2D eigenvalue weighted by molar-refractivity contribution is 0.194. The highest BCUT2D eigenvalue weighted by molar-refractivity contribution is 5.90. The van der Waals surface area contributed by atoms with Gasteiger partial charge in [-0.05, 0) is 73.4 Å². The van der Waals surface area contributed by atoms with E-state index in [1.54, 1.807) is 13.2 Å². The van der Waals surface area contributed by atoms with Crippen molar-refractivity contribution in [3.8, 4) is 5.75 Å². The lowest BCUT2D eigenvalue weighted by atomic mass is 9.89. The van der Waals surface area contributed by atoms with Gasteiger partial charge in [-0.3, -0.25) is 0 Å². The zero-order valence-electron chi connectivity index (χ0n) is 19.9. The summed E-state index contributed by atoms with van der Waals surface area (Å²) in [4.78, 5) is 20.4. The monoisotopic (exact) mass is 464 g/mol. The Morgan fingerprint density at radius 3 is 2.59 bits per heavy atom. The maximum atomic E-state index is 14.4. The van der Waals surface area contributed by atoms with Crippen molar-refractivity contribution in [1.29, 1.82) is 0 Å². The Labute approximate surface area is 200 Å². The number of carbonyl (C=O) groups excluding carboxylic acids is 1. The molecule has 0 unspecified atom stereocenters. The molecule has 7 heteroatoms. The summed E-state index contributed by atoms with van der Waals surface area (Å²) in [5.74, 6) is 1.63. The van der Waals surface area contributed by atoms with Crippen LogP contribution in [0, 0.1) is 11.7 Å². The van der Waals surface area contributed by atoms with E-state index >= 15 is 0 Å². The summed E-state index contributed by atoms with van der Waals surface area (Å²) in [5, 5.41) is 3.76. The van der Waals surface area contributed by atoms with Crippen molar-refractivity contribution in [2.24, 2.45) is 5.92 Å². The Morgan fingerprint density at radius 2 is 1.85 bits per heavy atom. The highest BCUT2D eigenvalue weighted by atomic mass is 19.1. The number of hydrogen-bond donors (Lipinski definition) is 2. The smallest absolute Gasteiger partial charge is 0.321 e. The van der Waals surface area contributed by atoms with Crippen LogP contribution in [-0.2, 0) is 0 Å². The van der Waals surface area contributed by atoms with E-state index in [1.807, 2.05) is 35.4 Å². The maximum Gasteiger partial charge on any atom is 0.321 e. The van der Waals surface area contributed by atoms with Gasteiger partial charge in [-0.2, -0.15) is 0 Å².